The molecule has 2 aromatic heterocycles. The lowest BCUT2D eigenvalue weighted by molar-refractivity contribution is 0.0730. The lowest BCUT2D eigenvalue weighted by Crippen LogP contribution is -2.31. The van der Waals surface area contributed by atoms with Gasteiger partial charge >= 0.3 is 0 Å². The van der Waals surface area contributed by atoms with E-state index in [2.05, 4.69) is 27.1 Å². The van der Waals surface area contributed by atoms with E-state index in [0.717, 1.165) is 29.7 Å². The van der Waals surface area contributed by atoms with Crippen molar-refractivity contribution in [2.45, 2.75) is 30.7 Å². The van der Waals surface area contributed by atoms with Gasteiger partial charge in [-0.2, -0.15) is 0 Å². The highest BCUT2D eigenvalue weighted by Gasteiger charge is 2.34. The number of imidazole rings is 1. The molecule has 0 spiro atoms. The van der Waals surface area contributed by atoms with Crippen LogP contribution in [0.15, 0.2) is 47.5 Å². The summed E-state index contributed by atoms with van der Waals surface area (Å²) in [5.41, 5.74) is 3.51. The molecule has 33 heavy (non-hydrogen) atoms. The zero-order valence-electron chi connectivity index (χ0n) is 18.1. The minimum Gasteiger partial charge on any atom is -0.340 e. The number of hydrogen-bond donors (Lipinski definition) is 1. The Bertz CT molecular complexity index is 1350. The molecule has 0 saturated carbocycles. The highest BCUT2D eigenvalue weighted by Crippen LogP contribution is 2.35. The van der Waals surface area contributed by atoms with Crippen LogP contribution in [0.25, 0.3) is 22.3 Å². The molecule has 1 saturated heterocycles. The number of fused-ring (bicyclic) bond motifs is 1. The van der Waals surface area contributed by atoms with Crippen molar-refractivity contribution in [2.24, 2.45) is 0 Å². The third-order valence-electron chi connectivity index (χ3n) is 5.81. The lowest BCUT2D eigenvalue weighted by atomic mass is 10.1. The molecule has 9 heteroatoms. The number of halogens is 2. The van der Waals surface area contributed by atoms with Gasteiger partial charge < -0.3 is 9.88 Å². The number of aromatic nitrogens is 4. The van der Waals surface area contributed by atoms with Crippen LogP contribution in [0, 0.1) is 6.92 Å². The summed E-state index contributed by atoms with van der Waals surface area (Å²) in [6, 6.07) is 11.2. The van der Waals surface area contributed by atoms with Gasteiger partial charge in [0.05, 0.1) is 28.3 Å². The fourth-order valence-corrected chi connectivity index (χ4v) is 5.25. The Morgan fingerprint density at radius 3 is 2.70 bits per heavy atom. The molecule has 0 bridgehead atoms. The van der Waals surface area contributed by atoms with Gasteiger partial charge in [-0.25, -0.2) is 15.0 Å². The number of aromatic amines is 1. The molecule has 0 radical (unpaired) electrons. The number of likely N-dealkylation sites (tertiary alicyclic amines) is 1. The first kappa shape index (κ1) is 22.2. The summed E-state index contributed by atoms with van der Waals surface area (Å²) in [5.74, 6) is 1.24. The number of nitrogens with zero attached hydrogens (tertiary/aromatic N) is 4. The quantitative estimate of drug-likeness (QED) is 0.333. The number of carbonyl (C=O) groups excluding carboxylic acids is 1. The first-order chi connectivity index (χ1) is 15.9. The standard InChI is InChI=1S/C24H21Cl2N5OS/c1-13-27-12-18(22(28-13)14-8-15(25)10-16(26)9-14)24(32)31-7-3-4-21(31)23-29-19-6-5-17(33-2)11-20(19)30-23/h5-6,8-12,21H,3-4,7H2,1-2H3,(H,29,30)/t21-/m0/s1. The maximum Gasteiger partial charge on any atom is 0.258 e. The Kier molecular flexibility index (Phi) is 6.03. The molecule has 1 aliphatic heterocycles. The van der Waals surface area contributed by atoms with Crippen LogP contribution in [-0.2, 0) is 0 Å². The van der Waals surface area contributed by atoms with Gasteiger partial charge in [0.15, 0.2) is 0 Å². The van der Waals surface area contributed by atoms with Gasteiger partial charge in [0.1, 0.15) is 11.6 Å². The number of rotatable bonds is 4. The largest absolute Gasteiger partial charge is 0.340 e. The summed E-state index contributed by atoms with van der Waals surface area (Å²) in [7, 11) is 0. The number of carbonyl (C=O) groups is 1. The Morgan fingerprint density at radius 2 is 1.94 bits per heavy atom. The van der Waals surface area contributed by atoms with Crippen LogP contribution in [-0.4, -0.2) is 43.5 Å². The average molecular weight is 498 g/mol. The van der Waals surface area contributed by atoms with E-state index in [4.69, 9.17) is 28.2 Å². The highest BCUT2D eigenvalue weighted by atomic mass is 35.5. The summed E-state index contributed by atoms with van der Waals surface area (Å²) in [6.45, 7) is 2.43. The van der Waals surface area contributed by atoms with Crippen molar-refractivity contribution in [2.75, 3.05) is 12.8 Å². The van der Waals surface area contributed by atoms with Gasteiger partial charge in [0, 0.05) is 33.2 Å². The summed E-state index contributed by atoms with van der Waals surface area (Å²) >= 11 is 14.1. The molecule has 0 unspecified atom stereocenters. The van der Waals surface area contributed by atoms with Crippen molar-refractivity contribution in [3.63, 3.8) is 0 Å². The number of benzene rings is 2. The molecule has 1 fully saturated rings. The van der Waals surface area contributed by atoms with Crippen LogP contribution >= 0.6 is 35.0 Å². The normalized spacial score (nSPS) is 16.0. The second-order valence-electron chi connectivity index (χ2n) is 8.00. The number of H-pyrrole nitrogens is 1. The van der Waals surface area contributed by atoms with Crippen molar-refractivity contribution in [1.82, 2.24) is 24.8 Å². The number of hydrogen-bond acceptors (Lipinski definition) is 5. The van der Waals surface area contributed by atoms with Crippen LogP contribution in [0.4, 0.5) is 0 Å². The van der Waals surface area contributed by atoms with E-state index in [1.807, 2.05) is 17.2 Å². The topological polar surface area (TPSA) is 74.8 Å². The Balaban J connectivity index is 1.53. The van der Waals surface area contributed by atoms with E-state index in [1.54, 1.807) is 43.1 Å². The first-order valence-corrected chi connectivity index (χ1v) is 12.6. The number of amides is 1. The van der Waals surface area contributed by atoms with E-state index in [9.17, 15) is 4.79 Å². The maximum atomic E-state index is 13.8. The van der Waals surface area contributed by atoms with Gasteiger partial charge in [-0.05, 0) is 62.4 Å². The minimum absolute atomic E-state index is 0.131. The van der Waals surface area contributed by atoms with Crippen molar-refractivity contribution >= 4 is 51.9 Å². The Morgan fingerprint density at radius 1 is 1.15 bits per heavy atom. The molecule has 4 aromatic rings. The van der Waals surface area contributed by atoms with Gasteiger partial charge in [0.25, 0.3) is 5.91 Å². The number of nitrogens with one attached hydrogen (secondary N) is 1. The molecular weight excluding hydrogens is 477 g/mol. The molecule has 6 nitrogen and oxygen atoms in total. The van der Waals surface area contributed by atoms with Gasteiger partial charge in [-0.15, -0.1) is 11.8 Å². The smallest absolute Gasteiger partial charge is 0.258 e. The molecule has 3 heterocycles. The van der Waals surface area contributed by atoms with Gasteiger partial charge in [0.2, 0.25) is 0 Å². The second kappa shape index (κ2) is 8.97. The Labute approximate surface area is 205 Å². The van der Waals surface area contributed by atoms with E-state index in [1.165, 1.54) is 4.90 Å². The molecular formula is C24H21Cl2N5OS. The first-order valence-electron chi connectivity index (χ1n) is 10.6. The maximum absolute atomic E-state index is 13.8. The van der Waals surface area contributed by atoms with E-state index < -0.39 is 0 Å². The van der Waals surface area contributed by atoms with Crippen LogP contribution in [0.2, 0.25) is 10.0 Å². The van der Waals surface area contributed by atoms with Crippen molar-refractivity contribution in [3.8, 4) is 11.3 Å². The fourth-order valence-electron chi connectivity index (χ4n) is 4.28. The van der Waals surface area contributed by atoms with Crippen molar-refractivity contribution in [1.29, 1.82) is 0 Å². The van der Waals surface area contributed by atoms with Crippen molar-refractivity contribution in [3.05, 3.63) is 69.9 Å². The monoisotopic (exact) mass is 497 g/mol. The zero-order valence-corrected chi connectivity index (χ0v) is 20.4. The molecule has 5 rings (SSSR count). The van der Waals surface area contributed by atoms with Gasteiger partial charge in [-0.3, -0.25) is 4.79 Å². The van der Waals surface area contributed by atoms with Crippen LogP contribution < -0.4 is 0 Å². The SMILES string of the molecule is CSc1ccc2nc([C@@H]3CCCN3C(=O)c3cnc(C)nc3-c3cc(Cl)cc(Cl)c3)[nH]c2c1. The molecule has 1 aliphatic rings. The summed E-state index contributed by atoms with van der Waals surface area (Å²) in [5, 5.41) is 0.969. The average Bonchev–Trinajstić information content (AvgIpc) is 3.44. The van der Waals surface area contributed by atoms with Crippen molar-refractivity contribution < 1.29 is 4.79 Å². The molecule has 1 amide bonds. The van der Waals surface area contributed by atoms with Crippen LogP contribution in [0.1, 0.15) is 40.9 Å². The fraction of sp³-hybridized carbons (Fsp3) is 0.250. The highest BCUT2D eigenvalue weighted by molar-refractivity contribution is 7.98. The van der Waals surface area contributed by atoms with Crippen LogP contribution in [0.3, 0.4) is 0 Å². The van der Waals surface area contributed by atoms with E-state index >= 15 is 0 Å². The summed E-state index contributed by atoms with van der Waals surface area (Å²) in [4.78, 5) is 33.9. The lowest BCUT2D eigenvalue weighted by Gasteiger charge is -2.24. The molecule has 0 aliphatic carbocycles. The number of aryl methyl sites for hydroxylation is 1. The van der Waals surface area contributed by atoms with Crippen LogP contribution in [0.5, 0.6) is 0 Å². The predicted octanol–water partition coefficient (Wildman–Crippen LogP) is 6.33. The summed E-state index contributed by atoms with van der Waals surface area (Å²) < 4.78 is 0. The molecule has 1 N–H and O–H groups in total. The van der Waals surface area contributed by atoms with Gasteiger partial charge in [-0.1, -0.05) is 23.2 Å². The Hall–Kier alpha value is -2.61. The van der Waals surface area contributed by atoms with E-state index in [0.29, 0.717) is 39.2 Å². The van der Waals surface area contributed by atoms with E-state index in [-0.39, 0.29) is 11.9 Å². The summed E-state index contributed by atoms with van der Waals surface area (Å²) in [6.07, 6.45) is 5.37. The minimum atomic E-state index is -0.139. The third-order valence-corrected chi connectivity index (χ3v) is 6.97. The third kappa shape index (κ3) is 4.33. The molecule has 168 valence electrons. The molecule has 2 aromatic carbocycles. The second-order valence-corrected chi connectivity index (χ2v) is 9.75. The molecule has 1 atom stereocenters. The zero-order chi connectivity index (χ0) is 23.1. The number of thioether (sulfide) groups is 1. The predicted molar refractivity (Wildman–Crippen MR) is 133 cm³/mol.